The largest absolute Gasteiger partial charge is 0.379 e. The van der Waals surface area contributed by atoms with Gasteiger partial charge in [0, 0.05) is 81.4 Å². The van der Waals surface area contributed by atoms with Gasteiger partial charge in [-0.3, -0.25) is 14.5 Å². The number of rotatable bonds is 11. The Kier molecular flexibility index (Phi) is 10.8. The number of hydrogen-bond donors (Lipinski definition) is 1. The number of carbonyl (C=O) groups is 2. The molecule has 1 aromatic heterocycles. The maximum atomic E-state index is 15.0. The van der Waals surface area contributed by atoms with Crippen LogP contribution in [0.25, 0.3) is 11.3 Å². The van der Waals surface area contributed by atoms with E-state index in [9.17, 15) is 4.79 Å². The summed E-state index contributed by atoms with van der Waals surface area (Å²) in [6.07, 6.45) is 5.86. The van der Waals surface area contributed by atoms with E-state index in [1.54, 1.807) is 0 Å². The predicted octanol–water partition coefficient (Wildman–Crippen LogP) is 5.59. The van der Waals surface area contributed by atoms with E-state index in [0.29, 0.717) is 6.54 Å². The Balaban J connectivity index is 1.40. The molecule has 0 bridgehead atoms. The molecular formula is C39H53N5O3. The molecule has 0 radical (unpaired) electrons. The van der Waals surface area contributed by atoms with Gasteiger partial charge in [-0.25, -0.2) is 0 Å². The summed E-state index contributed by atoms with van der Waals surface area (Å²) in [6.45, 7) is 14.3. The fourth-order valence-electron chi connectivity index (χ4n) is 7.50. The summed E-state index contributed by atoms with van der Waals surface area (Å²) < 4.78 is 7.77. The van der Waals surface area contributed by atoms with Crippen molar-refractivity contribution in [1.82, 2.24) is 24.6 Å². The highest BCUT2D eigenvalue weighted by molar-refractivity contribution is 6.03. The standard InChI is InChI=1S/C39H53N5O3/c1-5-7-15-43(16-8-6-2)38(45)34-24-37(41(4)28(34)3)35-22-30-13-14-40-25-32(30)23-36(35)39(46)44-26-31-12-10-9-11-29(31)21-33(44)27-42-17-19-47-20-18-42/h9-12,22-24,33,40H,5-8,13-21,25-27H2,1-4H3/t33-/m0/s1. The average Bonchev–Trinajstić information content (AvgIpc) is 3.40. The van der Waals surface area contributed by atoms with E-state index in [0.717, 1.165) is 126 Å². The number of benzene rings is 2. The molecule has 4 heterocycles. The third kappa shape index (κ3) is 7.20. The highest BCUT2D eigenvalue weighted by Crippen LogP contribution is 2.35. The number of fused-ring (bicyclic) bond motifs is 2. The van der Waals surface area contributed by atoms with Gasteiger partial charge in [0.05, 0.1) is 18.8 Å². The van der Waals surface area contributed by atoms with Crippen molar-refractivity contribution < 1.29 is 14.3 Å². The Morgan fingerprint density at radius 3 is 2.38 bits per heavy atom. The molecule has 1 N–H and O–H groups in total. The van der Waals surface area contributed by atoms with Crippen molar-refractivity contribution in [2.45, 2.75) is 78.4 Å². The van der Waals surface area contributed by atoms with E-state index in [4.69, 9.17) is 4.74 Å². The Bertz CT molecular complexity index is 1560. The van der Waals surface area contributed by atoms with Gasteiger partial charge in [0.25, 0.3) is 11.8 Å². The van der Waals surface area contributed by atoms with Crippen LogP contribution in [-0.2, 0) is 37.7 Å². The van der Waals surface area contributed by atoms with Crippen molar-refractivity contribution in [2.24, 2.45) is 7.05 Å². The first-order valence-electron chi connectivity index (χ1n) is 17.9. The number of unbranched alkanes of at least 4 members (excludes halogenated alkanes) is 2. The molecule has 1 fully saturated rings. The Morgan fingerprint density at radius 2 is 1.66 bits per heavy atom. The van der Waals surface area contributed by atoms with Gasteiger partial charge in [-0.1, -0.05) is 51.0 Å². The van der Waals surface area contributed by atoms with Gasteiger partial charge in [-0.05, 0) is 79.6 Å². The van der Waals surface area contributed by atoms with E-state index in [1.807, 2.05) is 18.9 Å². The molecule has 0 unspecified atom stereocenters. The third-order valence-corrected chi connectivity index (χ3v) is 10.5. The Morgan fingerprint density at radius 1 is 0.936 bits per heavy atom. The van der Waals surface area contributed by atoms with E-state index in [2.05, 4.69) is 76.0 Å². The minimum Gasteiger partial charge on any atom is -0.379 e. The lowest BCUT2D eigenvalue weighted by atomic mass is 9.89. The number of morpholine rings is 1. The number of hydrogen-bond acceptors (Lipinski definition) is 5. The number of aromatic nitrogens is 1. The van der Waals surface area contributed by atoms with Crippen LogP contribution in [-0.4, -0.2) is 89.6 Å². The molecule has 1 atom stereocenters. The molecule has 6 rings (SSSR count). The Hall–Kier alpha value is -3.46. The molecule has 252 valence electrons. The van der Waals surface area contributed by atoms with Crippen molar-refractivity contribution in [2.75, 3.05) is 52.5 Å². The highest BCUT2D eigenvalue weighted by Gasteiger charge is 2.34. The number of nitrogens with zero attached hydrogens (tertiary/aromatic N) is 4. The minimum atomic E-state index is 0.0653. The zero-order chi connectivity index (χ0) is 32.9. The SMILES string of the molecule is CCCCN(CCCC)C(=O)c1cc(-c2cc3c(cc2C(=O)N2Cc4ccccc4C[C@H]2CN2CCOCC2)CNCC3)n(C)c1C. The number of nitrogens with one attached hydrogen (secondary N) is 1. The fourth-order valence-corrected chi connectivity index (χ4v) is 7.50. The topological polar surface area (TPSA) is 70.1 Å². The van der Waals surface area contributed by atoms with Crippen molar-refractivity contribution in [3.63, 3.8) is 0 Å². The lowest BCUT2D eigenvalue weighted by Crippen LogP contribution is -2.52. The lowest BCUT2D eigenvalue weighted by Gasteiger charge is -2.41. The quantitative estimate of drug-likeness (QED) is 0.297. The van der Waals surface area contributed by atoms with Crippen LogP contribution in [0.4, 0.5) is 0 Å². The molecule has 2 amide bonds. The van der Waals surface area contributed by atoms with Gasteiger partial charge in [-0.15, -0.1) is 0 Å². The summed E-state index contributed by atoms with van der Waals surface area (Å²) in [5.74, 6) is 0.167. The van der Waals surface area contributed by atoms with Crippen LogP contribution in [0, 0.1) is 6.92 Å². The number of amides is 2. The second-order valence-electron chi connectivity index (χ2n) is 13.7. The van der Waals surface area contributed by atoms with Crippen molar-refractivity contribution in [3.05, 3.63) is 81.5 Å². The zero-order valence-corrected chi connectivity index (χ0v) is 28.9. The van der Waals surface area contributed by atoms with Crippen LogP contribution in [0.5, 0.6) is 0 Å². The summed E-state index contributed by atoms with van der Waals surface area (Å²) in [7, 11) is 2.04. The molecule has 1 saturated heterocycles. The summed E-state index contributed by atoms with van der Waals surface area (Å²) in [5, 5.41) is 3.51. The summed E-state index contributed by atoms with van der Waals surface area (Å²) >= 11 is 0. The van der Waals surface area contributed by atoms with Crippen LogP contribution >= 0.6 is 0 Å². The smallest absolute Gasteiger partial charge is 0.255 e. The van der Waals surface area contributed by atoms with Crippen LogP contribution in [0.3, 0.4) is 0 Å². The molecule has 2 aromatic carbocycles. The third-order valence-electron chi connectivity index (χ3n) is 10.5. The number of ether oxygens (including phenoxy) is 1. The second kappa shape index (κ2) is 15.2. The van der Waals surface area contributed by atoms with Crippen LogP contribution in [0.1, 0.15) is 88.2 Å². The van der Waals surface area contributed by atoms with Gasteiger partial charge in [0.15, 0.2) is 0 Å². The van der Waals surface area contributed by atoms with E-state index >= 15 is 4.79 Å². The maximum Gasteiger partial charge on any atom is 0.255 e. The van der Waals surface area contributed by atoms with Crippen molar-refractivity contribution >= 4 is 11.8 Å². The van der Waals surface area contributed by atoms with Crippen molar-refractivity contribution in [1.29, 1.82) is 0 Å². The van der Waals surface area contributed by atoms with Crippen LogP contribution in [0.2, 0.25) is 0 Å². The summed E-state index contributed by atoms with van der Waals surface area (Å²) in [4.78, 5) is 35.6. The van der Waals surface area contributed by atoms with Gasteiger partial charge < -0.3 is 24.4 Å². The lowest BCUT2D eigenvalue weighted by molar-refractivity contribution is 0.0193. The van der Waals surface area contributed by atoms with Gasteiger partial charge in [0.2, 0.25) is 0 Å². The molecule has 3 aromatic rings. The predicted molar refractivity (Wildman–Crippen MR) is 188 cm³/mol. The molecule has 3 aliphatic rings. The molecule has 0 spiro atoms. The monoisotopic (exact) mass is 639 g/mol. The van der Waals surface area contributed by atoms with Gasteiger partial charge in [0.1, 0.15) is 0 Å². The minimum absolute atomic E-state index is 0.0653. The highest BCUT2D eigenvalue weighted by atomic mass is 16.5. The van der Waals surface area contributed by atoms with E-state index in [-0.39, 0.29) is 17.9 Å². The molecular weight excluding hydrogens is 586 g/mol. The first-order valence-corrected chi connectivity index (χ1v) is 17.9. The molecule has 47 heavy (non-hydrogen) atoms. The first kappa shape index (κ1) is 33.4. The van der Waals surface area contributed by atoms with Gasteiger partial charge >= 0.3 is 0 Å². The fraction of sp³-hybridized carbons (Fsp3) is 0.538. The second-order valence-corrected chi connectivity index (χ2v) is 13.7. The first-order chi connectivity index (χ1) is 22.9. The summed E-state index contributed by atoms with van der Waals surface area (Å²) in [6, 6.07) is 15.1. The average molecular weight is 640 g/mol. The Labute approximate surface area is 281 Å². The van der Waals surface area contributed by atoms with Crippen molar-refractivity contribution in [3.8, 4) is 11.3 Å². The maximum absolute atomic E-state index is 15.0. The van der Waals surface area contributed by atoms with Gasteiger partial charge in [-0.2, -0.15) is 0 Å². The van der Waals surface area contributed by atoms with E-state index in [1.165, 1.54) is 22.3 Å². The normalized spacial score (nSPS) is 18.1. The molecule has 3 aliphatic heterocycles. The number of carbonyl (C=O) groups excluding carboxylic acids is 2. The molecule has 8 heteroatoms. The molecule has 8 nitrogen and oxygen atoms in total. The van der Waals surface area contributed by atoms with E-state index < -0.39 is 0 Å². The zero-order valence-electron chi connectivity index (χ0n) is 28.9. The molecule has 0 aliphatic carbocycles. The summed E-state index contributed by atoms with van der Waals surface area (Å²) in [5.41, 5.74) is 9.31. The molecule has 0 saturated carbocycles. The van der Waals surface area contributed by atoms with Crippen LogP contribution < -0.4 is 5.32 Å². The van der Waals surface area contributed by atoms with Crippen LogP contribution in [0.15, 0.2) is 42.5 Å².